The van der Waals surface area contributed by atoms with Gasteiger partial charge in [-0.15, -0.1) is 0 Å². The van der Waals surface area contributed by atoms with Crippen molar-refractivity contribution in [2.45, 2.75) is 77.8 Å². The van der Waals surface area contributed by atoms with Gasteiger partial charge in [0, 0.05) is 12.1 Å². The number of nitrogens with one attached hydrogen (secondary N) is 1. The topological polar surface area (TPSA) is 15.3 Å². The molecule has 3 unspecified atom stereocenters. The molecule has 2 rings (SSSR count). The lowest BCUT2D eigenvalue weighted by Gasteiger charge is -2.48. The molecule has 0 bridgehead atoms. The maximum absolute atomic E-state index is 3.58. The van der Waals surface area contributed by atoms with Crippen molar-refractivity contribution in [1.29, 1.82) is 0 Å². The van der Waals surface area contributed by atoms with E-state index in [1.54, 1.807) is 0 Å². The first kappa shape index (κ1) is 15.3. The fourth-order valence-electron chi connectivity index (χ4n) is 4.38. The molecule has 1 saturated heterocycles. The lowest BCUT2D eigenvalue weighted by atomic mass is 9.73. The number of rotatable bonds is 4. The fourth-order valence-corrected chi connectivity index (χ4v) is 4.38. The van der Waals surface area contributed by atoms with Gasteiger partial charge >= 0.3 is 0 Å². The van der Waals surface area contributed by atoms with Crippen LogP contribution in [0.5, 0.6) is 0 Å². The third-order valence-electron chi connectivity index (χ3n) is 6.28. The third-order valence-corrected chi connectivity index (χ3v) is 6.28. The Morgan fingerprint density at radius 1 is 1.11 bits per heavy atom. The molecule has 1 saturated carbocycles. The van der Waals surface area contributed by atoms with Gasteiger partial charge in [0.05, 0.1) is 0 Å². The first-order valence-corrected chi connectivity index (χ1v) is 8.55. The molecule has 1 aliphatic heterocycles. The van der Waals surface area contributed by atoms with E-state index in [1.807, 2.05) is 0 Å². The highest BCUT2D eigenvalue weighted by atomic mass is 15.2. The maximum Gasteiger partial charge on any atom is 0.0251 e. The van der Waals surface area contributed by atoms with Crippen LogP contribution in [0, 0.1) is 11.3 Å². The van der Waals surface area contributed by atoms with Crippen molar-refractivity contribution in [3.05, 3.63) is 0 Å². The quantitative estimate of drug-likeness (QED) is 0.835. The van der Waals surface area contributed by atoms with Crippen LogP contribution >= 0.6 is 0 Å². The van der Waals surface area contributed by atoms with Crippen LogP contribution in [0.2, 0.25) is 0 Å². The summed E-state index contributed by atoms with van der Waals surface area (Å²) in [6.45, 7) is 9.87. The number of piperidine rings is 1. The first-order valence-electron chi connectivity index (χ1n) is 8.55. The number of hydrogen-bond donors (Lipinski definition) is 1. The molecule has 19 heavy (non-hydrogen) atoms. The van der Waals surface area contributed by atoms with Crippen LogP contribution < -0.4 is 5.32 Å². The largest absolute Gasteiger partial charge is 0.315 e. The van der Waals surface area contributed by atoms with Crippen LogP contribution in [0.25, 0.3) is 0 Å². The molecule has 2 aliphatic rings. The highest BCUT2D eigenvalue weighted by molar-refractivity contribution is 4.93. The van der Waals surface area contributed by atoms with E-state index in [0.717, 1.165) is 18.0 Å². The third kappa shape index (κ3) is 3.33. The smallest absolute Gasteiger partial charge is 0.0251 e. The SMILES string of the molecule is CCC1(CC)CCN(C2CC(C)CCC2NC)CC1. The van der Waals surface area contributed by atoms with Crippen molar-refractivity contribution in [2.24, 2.45) is 11.3 Å². The molecule has 2 fully saturated rings. The van der Waals surface area contributed by atoms with Gasteiger partial charge in [-0.25, -0.2) is 0 Å². The minimum atomic E-state index is 0.659. The lowest BCUT2D eigenvalue weighted by Crippen LogP contribution is -2.55. The van der Waals surface area contributed by atoms with Crippen LogP contribution in [-0.4, -0.2) is 37.1 Å². The molecule has 112 valence electrons. The zero-order chi connectivity index (χ0) is 13.9. The molecule has 0 radical (unpaired) electrons. The van der Waals surface area contributed by atoms with Crippen molar-refractivity contribution in [2.75, 3.05) is 20.1 Å². The standard InChI is InChI=1S/C17H34N2/c1-5-17(6-2)9-11-19(12-10-17)16-13-14(3)7-8-15(16)18-4/h14-16,18H,5-13H2,1-4H3. The monoisotopic (exact) mass is 266 g/mol. The van der Waals surface area contributed by atoms with E-state index in [9.17, 15) is 0 Å². The number of nitrogens with zero attached hydrogens (tertiary/aromatic N) is 1. The molecule has 1 N–H and O–H groups in total. The number of likely N-dealkylation sites (N-methyl/N-ethyl adjacent to an activating group) is 1. The zero-order valence-electron chi connectivity index (χ0n) is 13.5. The highest BCUT2D eigenvalue weighted by Crippen LogP contribution is 2.40. The molecular formula is C17H34N2. The van der Waals surface area contributed by atoms with Gasteiger partial charge in [-0.1, -0.05) is 33.6 Å². The number of likely N-dealkylation sites (tertiary alicyclic amines) is 1. The zero-order valence-corrected chi connectivity index (χ0v) is 13.5. The Labute approximate surface area is 120 Å². The molecule has 0 aromatic heterocycles. The molecule has 3 atom stereocenters. The average molecular weight is 266 g/mol. The Morgan fingerprint density at radius 2 is 1.74 bits per heavy atom. The summed E-state index contributed by atoms with van der Waals surface area (Å²) in [7, 11) is 2.15. The van der Waals surface area contributed by atoms with E-state index in [1.165, 1.54) is 58.0 Å². The van der Waals surface area contributed by atoms with Crippen LogP contribution in [-0.2, 0) is 0 Å². The Morgan fingerprint density at radius 3 is 2.26 bits per heavy atom. The predicted molar refractivity (Wildman–Crippen MR) is 83.5 cm³/mol. The van der Waals surface area contributed by atoms with Crippen molar-refractivity contribution < 1.29 is 0 Å². The van der Waals surface area contributed by atoms with Gasteiger partial charge in [-0.05, 0) is 63.6 Å². The molecule has 0 amide bonds. The van der Waals surface area contributed by atoms with Gasteiger partial charge in [0.2, 0.25) is 0 Å². The lowest BCUT2D eigenvalue weighted by molar-refractivity contribution is 0.0320. The van der Waals surface area contributed by atoms with E-state index >= 15 is 0 Å². The normalized spacial score (nSPS) is 36.3. The second-order valence-electron chi connectivity index (χ2n) is 7.12. The van der Waals surface area contributed by atoms with Crippen molar-refractivity contribution in [3.63, 3.8) is 0 Å². The van der Waals surface area contributed by atoms with E-state index in [2.05, 4.69) is 38.0 Å². The van der Waals surface area contributed by atoms with Crippen LogP contribution in [0.4, 0.5) is 0 Å². The van der Waals surface area contributed by atoms with Crippen LogP contribution in [0.1, 0.15) is 65.7 Å². The summed E-state index contributed by atoms with van der Waals surface area (Å²) in [5.41, 5.74) is 0.659. The second kappa shape index (κ2) is 6.58. The van der Waals surface area contributed by atoms with E-state index < -0.39 is 0 Å². The summed E-state index contributed by atoms with van der Waals surface area (Å²) < 4.78 is 0. The molecule has 0 aromatic carbocycles. The Balaban J connectivity index is 1.95. The van der Waals surface area contributed by atoms with Crippen molar-refractivity contribution >= 4 is 0 Å². The first-order chi connectivity index (χ1) is 9.14. The minimum absolute atomic E-state index is 0.659. The van der Waals surface area contributed by atoms with Gasteiger partial charge in [-0.3, -0.25) is 4.90 Å². The van der Waals surface area contributed by atoms with E-state index in [-0.39, 0.29) is 0 Å². The van der Waals surface area contributed by atoms with Gasteiger partial charge < -0.3 is 5.32 Å². The molecule has 1 heterocycles. The van der Waals surface area contributed by atoms with Crippen LogP contribution in [0.3, 0.4) is 0 Å². The summed E-state index contributed by atoms with van der Waals surface area (Å²) in [5.74, 6) is 0.915. The van der Waals surface area contributed by atoms with Gasteiger partial charge in [0.25, 0.3) is 0 Å². The summed E-state index contributed by atoms with van der Waals surface area (Å²) >= 11 is 0. The molecular weight excluding hydrogens is 232 g/mol. The highest BCUT2D eigenvalue weighted by Gasteiger charge is 2.37. The predicted octanol–water partition coefficient (Wildman–Crippen LogP) is 3.67. The fraction of sp³-hybridized carbons (Fsp3) is 1.00. The van der Waals surface area contributed by atoms with E-state index in [4.69, 9.17) is 0 Å². The summed E-state index contributed by atoms with van der Waals surface area (Å²) in [5, 5.41) is 3.58. The van der Waals surface area contributed by atoms with E-state index in [0.29, 0.717) is 5.41 Å². The van der Waals surface area contributed by atoms with Crippen molar-refractivity contribution in [1.82, 2.24) is 10.2 Å². The maximum atomic E-state index is 3.58. The van der Waals surface area contributed by atoms with Gasteiger partial charge in [-0.2, -0.15) is 0 Å². The number of hydrogen-bond acceptors (Lipinski definition) is 2. The van der Waals surface area contributed by atoms with Gasteiger partial charge in [0.1, 0.15) is 0 Å². The summed E-state index contributed by atoms with van der Waals surface area (Å²) in [6, 6.07) is 1.52. The Hall–Kier alpha value is -0.0800. The Bertz CT molecular complexity index is 262. The van der Waals surface area contributed by atoms with Crippen molar-refractivity contribution in [3.8, 4) is 0 Å². The molecule has 1 aliphatic carbocycles. The summed E-state index contributed by atoms with van der Waals surface area (Å²) in [4.78, 5) is 2.81. The molecule has 2 heteroatoms. The summed E-state index contributed by atoms with van der Waals surface area (Å²) in [6.07, 6.45) is 9.75. The average Bonchev–Trinajstić information content (AvgIpc) is 2.47. The minimum Gasteiger partial charge on any atom is -0.315 e. The molecule has 0 spiro atoms. The molecule has 2 nitrogen and oxygen atoms in total. The second-order valence-corrected chi connectivity index (χ2v) is 7.12. The molecule has 0 aromatic rings. The van der Waals surface area contributed by atoms with Gasteiger partial charge in [0.15, 0.2) is 0 Å². The van der Waals surface area contributed by atoms with Crippen LogP contribution in [0.15, 0.2) is 0 Å². The Kier molecular flexibility index (Phi) is 5.30.